The van der Waals surface area contributed by atoms with Gasteiger partial charge < -0.3 is 9.42 Å². The van der Waals surface area contributed by atoms with Crippen LogP contribution in [0.15, 0.2) is 22.7 Å². The predicted octanol–water partition coefficient (Wildman–Crippen LogP) is 3.45. The number of pyridine rings is 1. The summed E-state index contributed by atoms with van der Waals surface area (Å²) in [7, 11) is 0. The molecule has 0 bridgehead atoms. The van der Waals surface area contributed by atoms with Crippen LogP contribution in [0.3, 0.4) is 0 Å². The largest absolute Gasteiger partial charge is 0.338 e. The fourth-order valence-corrected chi connectivity index (χ4v) is 4.22. The summed E-state index contributed by atoms with van der Waals surface area (Å²) in [5.41, 5.74) is 2.98. The molecule has 0 aromatic carbocycles. The first kappa shape index (κ1) is 14.2. The minimum absolute atomic E-state index is 0.116. The first-order chi connectivity index (χ1) is 11.7. The lowest BCUT2D eigenvalue weighted by molar-refractivity contribution is 0.0786. The highest BCUT2D eigenvalue weighted by Gasteiger charge is 2.37. The molecular weight excluding hydrogens is 302 g/mol. The lowest BCUT2D eigenvalue weighted by atomic mass is 9.86. The number of amides is 1. The molecule has 2 aromatic rings. The van der Waals surface area contributed by atoms with Crippen LogP contribution in [-0.4, -0.2) is 34.0 Å². The number of aryl methyl sites for hydroxylation is 1. The molecule has 5 rings (SSSR count). The summed E-state index contributed by atoms with van der Waals surface area (Å²) >= 11 is 0. The number of hydrogen-bond donors (Lipinski definition) is 0. The van der Waals surface area contributed by atoms with Gasteiger partial charge in [0.2, 0.25) is 0 Å². The zero-order valence-electron chi connectivity index (χ0n) is 13.9. The van der Waals surface area contributed by atoms with Gasteiger partial charge in [0.1, 0.15) is 0 Å². The van der Waals surface area contributed by atoms with Crippen molar-refractivity contribution in [3.05, 3.63) is 35.2 Å². The maximum Gasteiger partial charge on any atom is 0.259 e. The van der Waals surface area contributed by atoms with E-state index in [0.717, 1.165) is 61.1 Å². The molecule has 0 unspecified atom stereocenters. The van der Waals surface area contributed by atoms with Gasteiger partial charge in [0.05, 0.1) is 16.6 Å². The van der Waals surface area contributed by atoms with Crippen molar-refractivity contribution >= 4 is 17.0 Å². The second-order valence-electron chi connectivity index (χ2n) is 7.49. The molecule has 5 nitrogen and oxygen atoms in total. The van der Waals surface area contributed by atoms with E-state index in [2.05, 4.69) is 22.3 Å². The minimum atomic E-state index is 0.116. The average Bonchev–Trinajstić information content (AvgIpc) is 3.26. The van der Waals surface area contributed by atoms with Crippen molar-refractivity contribution in [2.45, 2.75) is 38.5 Å². The zero-order chi connectivity index (χ0) is 16.3. The van der Waals surface area contributed by atoms with Crippen LogP contribution in [0.2, 0.25) is 0 Å². The Labute approximate surface area is 140 Å². The lowest BCUT2D eigenvalue weighted by Gasteiger charge is -2.17. The molecule has 124 valence electrons. The Bertz CT molecular complexity index is 834. The molecule has 0 spiro atoms. The van der Waals surface area contributed by atoms with Crippen LogP contribution in [0, 0.1) is 18.8 Å². The van der Waals surface area contributed by atoms with E-state index in [0.29, 0.717) is 23.5 Å². The highest BCUT2D eigenvalue weighted by Crippen LogP contribution is 2.41. The van der Waals surface area contributed by atoms with E-state index in [1.165, 1.54) is 0 Å². The molecule has 3 aliphatic rings. The number of likely N-dealkylation sites (tertiary alicyclic amines) is 1. The monoisotopic (exact) mass is 323 g/mol. The third-order valence-corrected chi connectivity index (χ3v) is 5.77. The van der Waals surface area contributed by atoms with Crippen molar-refractivity contribution in [2.24, 2.45) is 11.8 Å². The van der Waals surface area contributed by atoms with E-state index in [9.17, 15) is 4.79 Å². The fourth-order valence-electron chi connectivity index (χ4n) is 4.22. The summed E-state index contributed by atoms with van der Waals surface area (Å²) in [4.78, 5) is 19.9. The van der Waals surface area contributed by atoms with Gasteiger partial charge in [-0.25, -0.2) is 4.98 Å². The van der Waals surface area contributed by atoms with E-state index in [-0.39, 0.29) is 5.91 Å². The van der Waals surface area contributed by atoms with Gasteiger partial charge in [-0.2, -0.15) is 0 Å². The van der Waals surface area contributed by atoms with Crippen molar-refractivity contribution in [3.8, 4) is 0 Å². The highest BCUT2D eigenvalue weighted by molar-refractivity contribution is 6.06. The third kappa shape index (κ3) is 2.18. The molecule has 1 aliphatic heterocycles. The molecule has 1 saturated carbocycles. The molecule has 5 heteroatoms. The second-order valence-corrected chi connectivity index (χ2v) is 7.49. The van der Waals surface area contributed by atoms with E-state index >= 15 is 0 Å². The summed E-state index contributed by atoms with van der Waals surface area (Å²) in [5, 5.41) is 4.83. The average molecular weight is 323 g/mol. The van der Waals surface area contributed by atoms with Crippen LogP contribution in [0.5, 0.6) is 0 Å². The summed E-state index contributed by atoms with van der Waals surface area (Å²) in [5.74, 6) is 1.83. The van der Waals surface area contributed by atoms with Gasteiger partial charge in [0, 0.05) is 24.7 Å². The van der Waals surface area contributed by atoms with Gasteiger partial charge >= 0.3 is 0 Å². The van der Waals surface area contributed by atoms with Crippen LogP contribution in [0.4, 0.5) is 0 Å². The van der Waals surface area contributed by atoms with Crippen molar-refractivity contribution in [1.82, 2.24) is 15.0 Å². The Morgan fingerprint density at radius 1 is 1.21 bits per heavy atom. The topological polar surface area (TPSA) is 59.2 Å². The molecule has 2 fully saturated rings. The van der Waals surface area contributed by atoms with E-state index in [1.807, 2.05) is 17.9 Å². The number of fused-ring (bicyclic) bond motifs is 2. The van der Waals surface area contributed by atoms with Crippen LogP contribution in [0.25, 0.3) is 11.1 Å². The van der Waals surface area contributed by atoms with Gasteiger partial charge in [0.15, 0.2) is 0 Å². The molecule has 2 aliphatic carbocycles. The second kappa shape index (κ2) is 5.16. The standard InChI is InChI=1S/C19H21N3O2/c1-11-17-15(8-16(12-6-7-12)20-18(17)24-21-11)19(23)22-9-13-4-2-3-5-14(13)10-22/h2-3,8,12-14H,4-7,9-10H2,1H3/t13-,14+. The summed E-state index contributed by atoms with van der Waals surface area (Å²) < 4.78 is 5.37. The first-order valence-electron chi connectivity index (χ1n) is 8.92. The first-order valence-corrected chi connectivity index (χ1v) is 8.92. The normalized spacial score (nSPS) is 26.1. The zero-order valence-corrected chi connectivity index (χ0v) is 13.9. The van der Waals surface area contributed by atoms with Gasteiger partial charge in [-0.05, 0) is 50.5 Å². The molecule has 2 atom stereocenters. The smallest absolute Gasteiger partial charge is 0.259 e. The Morgan fingerprint density at radius 3 is 2.58 bits per heavy atom. The summed E-state index contributed by atoms with van der Waals surface area (Å²) in [6.45, 7) is 3.61. The number of carbonyl (C=O) groups is 1. The molecule has 3 heterocycles. The highest BCUT2D eigenvalue weighted by atomic mass is 16.5. The van der Waals surface area contributed by atoms with Crippen LogP contribution in [0.1, 0.15) is 53.3 Å². The summed E-state index contributed by atoms with van der Waals surface area (Å²) in [6, 6.07) is 1.99. The van der Waals surface area contributed by atoms with Gasteiger partial charge in [-0.15, -0.1) is 0 Å². The number of rotatable bonds is 2. The molecule has 0 radical (unpaired) electrons. The van der Waals surface area contributed by atoms with Crippen molar-refractivity contribution in [1.29, 1.82) is 0 Å². The number of hydrogen-bond acceptors (Lipinski definition) is 4. The molecule has 0 N–H and O–H groups in total. The van der Waals surface area contributed by atoms with Gasteiger partial charge in [-0.1, -0.05) is 17.3 Å². The molecule has 1 saturated heterocycles. The van der Waals surface area contributed by atoms with Crippen LogP contribution < -0.4 is 0 Å². The van der Waals surface area contributed by atoms with E-state index in [4.69, 9.17) is 4.52 Å². The van der Waals surface area contributed by atoms with Crippen LogP contribution in [-0.2, 0) is 0 Å². The molecular formula is C19H21N3O2. The molecule has 24 heavy (non-hydrogen) atoms. The summed E-state index contributed by atoms with van der Waals surface area (Å²) in [6.07, 6.45) is 9.02. The van der Waals surface area contributed by atoms with Crippen LogP contribution >= 0.6 is 0 Å². The van der Waals surface area contributed by atoms with Crippen molar-refractivity contribution < 1.29 is 9.32 Å². The van der Waals surface area contributed by atoms with Gasteiger partial charge in [0.25, 0.3) is 11.6 Å². The molecule has 2 aromatic heterocycles. The molecule has 1 amide bonds. The number of carbonyl (C=O) groups excluding carboxylic acids is 1. The Morgan fingerprint density at radius 2 is 1.92 bits per heavy atom. The maximum atomic E-state index is 13.3. The third-order valence-electron chi connectivity index (χ3n) is 5.77. The quantitative estimate of drug-likeness (QED) is 0.794. The van der Waals surface area contributed by atoms with E-state index < -0.39 is 0 Å². The Balaban J connectivity index is 1.53. The number of nitrogens with zero attached hydrogens (tertiary/aromatic N) is 3. The number of allylic oxidation sites excluding steroid dienone is 2. The number of aromatic nitrogens is 2. The Kier molecular flexibility index (Phi) is 3.05. The Hall–Kier alpha value is -2.17. The van der Waals surface area contributed by atoms with Crippen molar-refractivity contribution in [3.63, 3.8) is 0 Å². The van der Waals surface area contributed by atoms with Crippen molar-refractivity contribution in [2.75, 3.05) is 13.1 Å². The van der Waals surface area contributed by atoms with Gasteiger partial charge in [-0.3, -0.25) is 4.79 Å². The lowest BCUT2D eigenvalue weighted by Crippen LogP contribution is -2.29. The fraction of sp³-hybridized carbons (Fsp3) is 0.526. The minimum Gasteiger partial charge on any atom is -0.338 e. The SMILES string of the molecule is Cc1noc2nc(C3CC3)cc(C(=O)N3C[C@H]4CC=CC[C@H]4C3)c12. The predicted molar refractivity (Wildman–Crippen MR) is 89.8 cm³/mol. The van der Waals surface area contributed by atoms with E-state index in [1.54, 1.807) is 0 Å². The maximum absolute atomic E-state index is 13.3.